The largest absolute Gasteiger partial charge is 0.497 e. The van der Waals surface area contributed by atoms with Crippen LogP contribution in [-0.2, 0) is 0 Å². The van der Waals surface area contributed by atoms with E-state index in [0.29, 0.717) is 5.82 Å². The van der Waals surface area contributed by atoms with Crippen molar-refractivity contribution in [2.24, 2.45) is 0 Å². The van der Waals surface area contributed by atoms with Crippen molar-refractivity contribution in [2.45, 2.75) is 44.2 Å². The molecule has 2 aromatic rings. The summed E-state index contributed by atoms with van der Waals surface area (Å²) in [7, 11) is 1.65. The van der Waals surface area contributed by atoms with Gasteiger partial charge in [0.05, 0.1) is 7.11 Å². The highest BCUT2D eigenvalue weighted by molar-refractivity contribution is 7.99. The molecular formula is C16H24N4OS. The summed E-state index contributed by atoms with van der Waals surface area (Å²) in [5.74, 6) is 8.63. The van der Waals surface area contributed by atoms with Gasteiger partial charge in [0.15, 0.2) is 5.82 Å². The number of ether oxygens (including phenoxy) is 1. The Hall–Kier alpha value is -1.69. The molecule has 0 aliphatic heterocycles. The Balaban J connectivity index is 1.91. The van der Waals surface area contributed by atoms with Gasteiger partial charge in [0.1, 0.15) is 5.75 Å². The van der Waals surface area contributed by atoms with Gasteiger partial charge in [0.2, 0.25) is 5.16 Å². The lowest BCUT2D eigenvalue weighted by atomic mass is 10.2. The van der Waals surface area contributed by atoms with E-state index in [4.69, 9.17) is 10.6 Å². The number of aromatic nitrogens is 3. The van der Waals surface area contributed by atoms with Crippen molar-refractivity contribution in [1.29, 1.82) is 0 Å². The molecule has 0 radical (unpaired) electrons. The van der Waals surface area contributed by atoms with Gasteiger partial charge >= 0.3 is 0 Å². The molecule has 0 aliphatic rings. The molecule has 0 spiro atoms. The molecule has 6 heteroatoms. The third-order valence-corrected chi connectivity index (χ3v) is 4.52. The third-order valence-electron chi connectivity index (χ3n) is 3.49. The van der Waals surface area contributed by atoms with E-state index in [1.54, 1.807) is 23.5 Å². The van der Waals surface area contributed by atoms with Crippen molar-refractivity contribution in [1.82, 2.24) is 14.9 Å². The molecule has 0 saturated heterocycles. The van der Waals surface area contributed by atoms with E-state index >= 15 is 0 Å². The Morgan fingerprint density at radius 1 is 1.09 bits per heavy atom. The first-order valence-electron chi connectivity index (χ1n) is 7.74. The highest BCUT2D eigenvalue weighted by atomic mass is 32.2. The van der Waals surface area contributed by atoms with Gasteiger partial charge in [-0.05, 0) is 30.7 Å². The fourth-order valence-corrected chi connectivity index (χ4v) is 3.04. The molecule has 2 N–H and O–H groups in total. The minimum absolute atomic E-state index is 0.677. The van der Waals surface area contributed by atoms with E-state index in [1.807, 2.05) is 24.3 Å². The second-order valence-electron chi connectivity index (χ2n) is 5.17. The van der Waals surface area contributed by atoms with Crippen molar-refractivity contribution in [3.63, 3.8) is 0 Å². The summed E-state index contributed by atoms with van der Waals surface area (Å²) in [5, 5.41) is 9.15. The summed E-state index contributed by atoms with van der Waals surface area (Å²) >= 11 is 1.67. The number of hydrogen-bond acceptors (Lipinski definition) is 5. The van der Waals surface area contributed by atoms with Crippen LogP contribution in [0.25, 0.3) is 11.4 Å². The van der Waals surface area contributed by atoms with Crippen LogP contribution in [0.4, 0.5) is 0 Å². The molecule has 0 atom stereocenters. The lowest BCUT2D eigenvalue weighted by Gasteiger charge is -2.05. The van der Waals surface area contributed by atoms with Crippen LogP contribution in [0.15, 0.2) is 29.4 Å². The minimum atomic E-state index is 0.677. The van der Waals surface area contributed by atoms with Crippen LogP contribution >= 0.6 is 11.8 Å². The standard InChI is InChI=1S/C16H24N4OS/c1-3-4-5-6-7-12-22-16-19-18-15(20(16)17)13-8-10-14(21-2)11-9-13/h8-11H,3-7,12,17H2,1-2H3. The number of nitrogens with zero attached hydrogens (tertiary/aromatic N) is 3. The normalized spacial score (nSPS) is 10.8. The van der Waals surface area contributed by atoms with Gasteiger partial charge < -0.3 is 10.6 Å². The number of unbranched alkanes of at least 4 members (excludes halogenated alkanes) is 4. The Bertz CT molecular complexity index is 568. The fraction of sp³-hybridized carbons (Fsp3) is 0.500. The van der Waals surface area contributed by atoms with Gasteiger partial charge in [0.25, 0.3) is 0 Å². The van der Waals surface area contributed by atoms with Crippen LogP contribution in [0.1, 0.15) is 39.0 Å². The van der Waals surface area contributed by atoms with Crippen molar-refractivity contribution >= 4 is 11.8 Å². The maximum Gasteiger partial charge on any atom is 0.210 e. The van der Waals surface area contributed by atoms with Gasteiger partial charge in [-0.2, -0.15) is 0 Å². The summed E-state index contributed by atoms with van der Waals surface area (Å²) in [6, 6.07) is 7.66. The molecule has 22 heavy (non-hydrogen) atoms. The lowest BCUT2D eigenvalue weighted by Crippen LogP contribution is -2.11. The molecule has 0 amide bonds. The lowest BCUT2D eigenvalue weighted by molar-refractivity contribution is 0.415. The Labute approximate surface area is 136 Å². The fourth-order valence-electron chi connectivity index (χ4n) is 2.18. The zero-order valence-corrected chi connectivity index (χ0v) is 14.1. The topological polar surface area (TPSA) is 66.0 Å². The van der Waals surface area contributed by atoms with E-state index in [9.17, 15) is 0 Å². The Morgan fingerprint density at radius 2 is 1.82 bits per heavy atom. The summed E-state index contributed by atoms with van der Waals surface area (Å²) in [6.07, 6.45) is 6.36. The first-order chi connectivity index (χ1) is 10.8. The van der Waals surface area contributed by atoms with E-state index in [1.165, 1.54) is 32.1 Å². The predicted molar refractivity (Wildman–Crippen MR) is 91.6 cm³/mol. The zero-order chi connectivity index (χ0) is 15.8. The smallest absolute Gasteiger partial charge is 0.210 e. The maximum atomic E-state index is 6.11. The molecule has 1 aromatic carbocycles. The second-order valence-corrected chi connectivity index (χ2v) is 6.23. The maximum absolute atomic E-state index is 6.11. The van der Waals surface area contributed by atoms with Gasteiger partial charge in [-0.1, -0.05) is 44.4 Å². The second kappa shape index (κ2) is 8.68. The summed E-state index contributed by atoms with van der Waals surface area (Å²) in [6.45, 7) is 2.23. The first-order valence-corrected chi connectivity index (χ1v) is 8.72. The number of nitrogens with two attached hydrogens (primary N) is 1. The molecular weight excluding hydrogens is 296 g/mol. The van der Waals surface area contributed by atoms with E-state index < -0.39 is 0 Å². The molecule has 0 saturated carbocycles. The number of nitrogen functional groups attached to an aromatic ring is 1. The minimum Gasteiger partial charge on any atom is -0.497 e. The highest BCUT2D eigenvalue weighted by Gasteiger charge is 2.11. The summed E-state index contributed by atoms with van der Waals surface area (Å²) in [5.41, 5.74) is 0.936. The zero-order valence-electron chi connectivity index (χ0n) is 13.3. The molecule has 0 unspecified atom stereocenters. The molecule has 1 aromatic heterocycles. The van der Waals surface area contributed by atoms with E-state index in [0.717, 1.165) is 22.2 Å². The van der Waals surface area contributed by atoms with Gasteiger partial charge in [0, 0.05) is 11.3 Å². The van der Waals surface area contributed by atoms with Gasteiger partial charge in [-0.3, -0.25) is 0 Å². The predicted octanol–water partition coefficient (Wildman–Crippen LogP) is 3.73. The molecule has 120 valence electrons. The van der Waals surface area contributed by atoms with Crippen LogP contribution in [0.5, 0.6) is 5.75 Å². The van der Waals surface area contributed by atoms with E-state index in [-0.39, 0.29) is 0 Å². The van der Waals surface area contributed by atoms with Crippen LogP contribution in [-0.4, -0.2) is 27.7 Å². The number of methoxy groups -OCH3 is 1. The summed E-state index contributed by atoms with van der Waals surface area (Å²) < 4.78 is 6.72. The molecule has 5 nitrogen and oxygen atoms in total. The SMILES string of the molecule is CCCCCCCSc1nnc(-c2ccc(OC)cc2)n1N. The van der Waals surface area contributed by atoms with Crippen molar-refractivity contribution < 1.29 is 4.74 Å². The van der Waals surface area contributed by atoms with E-state index in [2.05, 4.69) is 17.1 Å². The molecule has 0 bridgehead atoms. The van der Waals surface area contributed by atoms with Crippen LogP contribution in [0.3, 0.4) is 0 Å². The van der Waals surface area contributed by atoms with Crippen molar-refractivity contribution in [3.05, 3.63) is 24.3 Å². The van der Waals surface area contributed by atoms with Crippen LogP contribution < -0.4 is 10.6 Å². The van der Waals surface area contributed by atoms with Crippen molar-refractivity contribution in [2.75, 3.05) is 18.7 Å². The Morgan fingerprint density at radius 3 is 2.50 bits per heavy atom. The van der Waals surface area contributed by atoms with Crippen molar-refractivity contribution in [3.8, 4) is 17.1 Å². The third kappa shape index (κ3) is 4.40. The molecule has 1 heterocycles. The number of rotatable bonds is 9. The summed E-state index contributed by atoms with van der Waals surface area (Å²) in [4.78, 5) is 0. The first kappa shape index (κ1) is 16.7. The van der Waals surface area contributed by atoms with Crippen LogP contribution in [0.2, 0.25) is 0 Å². The quantitative estimate of drug-likeness (QED) is 0.433. The van der Waals surface area contributed by atoms with Gasteiger partial charge in [-0.25, -0.2) is 4.68 Å². The number of benzene rings is 1. The average Bonchev–Trinajstić information content (AvgIpc) is 2.92. The Kier molecular flexibility index (Phi) is 6.58. The van der Waals surface area contributed by atoms with Gasteiger partial charge in [-0.15, -0.1) is 10.2 Å². The highest BCUT2D eigenvalue weighted by Crippen LogP contribution is 2.24. The molecule has 0 fully saturated rings. The monoisotopic (exact) mass is 320 g/mol. The molecule has 0 aliphatic carbocycles. The number of thioether (sulfide) groups is 1. The average molecular weight is 320 g/mol. The molecule has 2 rings (SSSR count). The number of hydrogen-bond donors (Lipinski definition) is 1. The van der Waals surface area contributed by atoms with Crippen LogP contribution in [0, 0.1) is 0 Å².